The topological polar surface area (TPSA) is 127 Å². The standard InChI is InChI=1S/C12H13ClN4O4S/c1-6(16-19)11(7(2)18)22(20,21)17-10-5-8(14)3-4-9(10)12(13)15-17/h3-5,16,19H,14H2,1-2H3/b11-6+. The Kier molecular flexibility index (Phi) is 4.14. The molecular weight excluding hydrogens is 332 g/mol. The van der Waals surface area contributed by atoms with Crippen molar-refractivity contribution in [3.05, 3.63) is 34.0 Å². The zero-order chi connectivity index (χ0) is 16.7. The number of nitrogens with zero attached hydrogens (tertiary/aromatic N) is 2. The van der Waals surface area contributed by atoms with Crippen LogP contribution in [0.1, 0.15) is 13.8 Å². The second-order valence-electron chi connectivity index (χ2n) is 4.54. The van der Waals surface area contributed by atoms with Gasteiger partial charge in [-0.05, 0) is 32.0 Å². The lowest BCUT2D eigenvalue weighted by atomic mass is 10.2. The second-order valence-corrected chi connectivity index (χ2v) is 6.60. The molecule has 0 spiro atoms. The van der Waals surface area contributed by atoms with Crippen LogP contribution < -0.4 is 11.2 Å². The van der Waals surface area contributed by atoms with E-state index < -0.39 is 20.7 Å². The summed E-state index contributed by atoms with van der Waals surface area (Å²) in [6, 6.07) is 4.46. The normalized spacial score (nSPS) is 13.1. The highest BCUT2D eigenvalue weighted by Gasteiger charge is 2.30. The molecule has 118 valence electrons. The van der Waals surface area contributed by atoms with E-state index in [-0.39, 0.29) is 16.4 Å². The molecule has 0 saturated heterocycles. The summed E-state index contributed by atoms with van der Waals surface area (Å²) in [5.41, 5.74) is 7.55. The van der Waals surface area contributed by atoms with Crippen molar-refractivity contribution in [3.63, 3.8) is 0 Å². The van der Waals surface area contributed by atoms with Gasteiger partial charge in [0.2, 0.25) is 0 Å². The predicted molar refractivity (Wildman–Crippen MR) is 81.8 cm³/mol. The number of hydroxylamine groups is 1. The van der Waals surface area contributed by atoms with Crippen LogP contribution in [0.4, 0.5) is 5.69 Å². The first kappa shape index (κ1) is 16.3. The summed E-state index contributed by atoms with van der Waals surface area (Å²) >= 11 is 5.93. The minimum atomic E-state index is -4.36. The van der Waals surface area contributed by atoms with Crippen molar-refractivity contribution in [2.75, 3.05) is 5.73 Å². The number of carbonyl (C=O) groups excluding carboxylic acids is 1. The average molecular weight is 345 g/mol. The molecule has 2 aromatic rings. The maximum absolute atomic E-state index is 12.7. The number of hydrogen-bond donors (Lipinski definition) is 3. The predicted octanol–water partition coefficient (Wildman–Crippen LogP) is 1.25. The fraction of sp³-hybridized carbons (Fsp3) is 0.167. The summed E-state index contributed by atoms with van der Waals surface area (Å²) in [6.07, 6.45) is 0. The van der Waals surface area contributed by atoms with Crippen LogP contribution in [0.2, 0.25) is 5.15 Å². The summed E-state index contributed by atoms with van der Waals surface area (Å²) in [4.78, 5) is 11.1. The van der Waals surface area contributed by atoms with E-state index in [0.717, 1.165) is 6.92 Å². The van der Waals surface area contributed by atoms with E-state index in [1.807, 2.05) is 0 Å². The van der Waals surface area contributed by atoms with E-state index in [4.69, 9.17) is 22.5 Å². The van der Waals surface area contributed by atoms with Gasteiger partial charge in [-0.1, -0.05) is 11.6 Å². The van der Waals surface area contributed by atoms with Crippen molar-refractivity contribution in [1.29, 1.82) is 0 Å². The molecule has 22 heavy (non-hydrogen) atoms. The van der Waals surface area contributed by atoms with Crippen LogP contribution in [0.15, 0.2) is 28.8 Å². The maximum Gasteiger partial charge on any atom is 0.288 e. The lowest BCUT2D eigenvalue weighted by Gasteiger charge is -2.10. The highest BCUT2D eigenvalue weighted by molar-refractivity contribution is 7.94. The third kappa shape index (κ3) is 2.54. The molecule has 0 saturated carbocycles. The van der Waals surface area contributed by atoms with Gasteiger partial charge in [-0.25, -0.2) is 0 Å². The molecule has 1 aromatic heterocycles. The number of aromatic nitrogens is 2. The van der Waals surface area contributed by atoms with Gasteiger partial charge in [0, 0.05) is 11.1 Å². The van der Waals surface area contributed by atoms with Gasteiger partial charge in [-0.2, -0.15) is 12.5 Å². The van der Waals surface area contributed by atoms with Crippen molar-refractivity contribution >= 4 is 44.0 Å². The van der Waals surface area contributed by atoms with Crippen LogP contribution in [-0.4, -0.2) is 28.6 Å². The van der Waals surface area contributed by atoms with Crippen LogP contribution in [-0.2, 0) is 14.8 Å². The lowest BCUT2D eigenvalue weighted by Crippen LogP contribution is -2.24. The van der Waals surface area contributed by atoms with E-state index in [9.17, 15) is 13.2 Å². The van der Waals surface area contributed by atoms with Crippen LogP contribution in [0.25, 0.3) is 10.9 Å². The molecule has 0 aliphatic carbocycles. The number of rotatable bonds is 4. The molecule has 2 rings (SSSR count). The second kappa shape index (κ2) is 5.59. The summed E-state index contributed by atoms with van der Waals surface area (Å²) in [5, 5.41) is 13.0. The molecule has 10 heteroatoms. The van der Waals surface area contributed by atoms with E-state index in [2.05, 4.69) is 5.10 Å². The molecule has 0 fully saturated rings. The maximum atomic E-state index is 12.7. The number of benzene rings is 1. The molecule has 0 unspecified atom stereocenters. The largest absolute Gasteiger partial charge is 0.399 e. The van der Waals surface area contributed by atoms with Gasteiger partial charge in [0.1, 0.15) is 0 Å². The van der Waals surface area contributed by atoms with Gasteiger partial charge in [-0.3, -0.25) is 15.5 Å². The quantitative estimate of drug-likeness (QED) is 0.432. The number of ketones is 1. The first-order valence-electron chi connectivity index (χ1n) is 6.01. The highest BCUT2D eigenvalue weighted by atomic mass is 35.5. The number of nitrogens with one attached hydrogen (secondary N) is 1. The van der Waals surface area contributed by atoms with E-state index in [0.29, 0.717) is 15.2 Å². The average Bonchev–Trinajstić information content (AvgIpc) is 2.75. The fourth-order valence-corrected chi connectivity index (χ4v) is 3.88. The van der Waals surface area contributed by atoms with Crippen molar-refractivity contribution in [3.8, 4) is 0 Å². The summed E-state index contributed by atoms with van der Waals surface area (Å²) in [5.74, 6) is -0.761. The Labute approximate surface area is 131 Å². The first-order chi connectivity index (χ1) is 10.2. The molecule has 0 atom stereocenters. The molecule has 1 aromatic carbocycles. The smallest absolute Gasteiger partial charge is 0.288 e. The number of nitrogens with two attached hydrogens (primary N) is 1. The van der Waals surface area contributed by atoms with Crippen molar-refractivity contribution < 1.29 is 18.4 Å². The third-order valence-electron chi connectivity index (χ3n) is 2.94. The number of anilines is 1. The molecule has 1 heterocycles. The Bertz CT molecular complexity index is 901. The van der Waals surface area contributed by atoms with Crippen molar-refractivity contribution in [2.45, 2.75) is 13.8 Å². The molecule has 8 nitrogen and oxygen atoms in total. The minimum Gasteiger partial charge on any atom is -0.399 e. The van der Waals surface area contributed by atoms with Gasteiger partial charge >= 0.3 is 0 Å². The Morgan fingerprint density at radius 1 is 1.41 bits per heavy atom. The molecule has 0 bridgehead atoms. The molecule has 0 aliphatic rings. The Balaban J connectivity index is 2.85. The Morgan fingerprint density at radius 3 is 2.59 bits per heavy atom. The zero-order valence-corrected chi connectivity index (χ0v) is 13.2. The number of hydrogen-bond acceptors (Lipinski definition) is 7. The summed E-state index contributed by atoms with van der Waals surface area (Å²) in [7, 11) is -4.36. The number of allylic oxidation sites excluding steroid dienone is 2. The van der Waals surface area contributed by atoms with Gasteiger partial charge in [0.25, 0.3) is 10.0 Å². The molecule has 0 radical (unpaired) electrons. The van der Waals surface area contributed by atoms with Crippen LogP contribution >= 0.6 is 11.6 Å². The van der Waals surface area contributed by atoms with Gasteiger partial charge in [0.05, 0.1) is 11.2 Å². The van der Waals surface area contributed by atoms with Crippen molar-refractivity contribution in [1.82, 2.24) is 14.7 Å². The summed E-state index contributed by atoms with van der Waals surface area (Å²) in [6.45, 7) is 2.31. The first-order valence-corrected chi connectivity index (χ1v) is 7.83. The summed E-state index contributed by atoms with van der Waals surface area (Å²) < 4.78 is 26.0. The number of nitrogen functional groups attached to an aromatic ring is 1. The number of carbonyl (C=O) groups is 1. The van der Waals surface area contributed by atoms with E-state index in [1.54, 1.807) is 11.5 Å². The molecule has 0 amide bonds. The van der Waals surface area contributed by atoms with Gasteiger partial charge in [-0.15, -0.1) is 5.10 Å². The highest BCUT2D eigenvalue weighted by Crippen LogP contribution is 2.28. The fourth-order valence-electron chi connectivity index (χ4n) is 2.03. The SMILES string of the molecule is CC(=O)/C(=C(/C)NO)S(=O)(=O)n1nc(Cl)c2ccc(N)cc21. The number of fused-ring (bicyclic) bond motifs is 1. The third-order valence-corrected chi connectivity index (χ3v) is 5.06. The van der Waals surface area contributed by atoms with Crippen molar-refractivity contribution in [2.24, 2.45) is 0 Å². The Hall–Kier alpha value is -2.10. The van der Waals surface area contributed by atoms with Crippen LogP contribution in [0, 0.1) is 0 Å². The van der Waals surface area contributed by atoms with Crippen LogP contribution in [0.5, 0.6) is 0 Å². The van der Waals surface area contributed by atoms with Gasteiger partial charge < -0.3 is 5.73 Å². The lowest BCUT2D eigenvalue weighted by molar-refractivity contribution is -0.113. The van der Waals surface area contributed by atoms with E-state index >= 15 is 0 Å². The van der Waals surface area contributed by atoms with Crippen LogP contribution in [0.3, 0.4) is 0 Å². The number of halogens is 1. The van der Waals surface area contributed by atoms with Gasteiger partial charge in [0.15, 0.2) is 15.8 Å². The minimum absolute atomic E-state index is 0.0453. The molecule has 0 aliphatic heterocycles. The zero-order valence-electron chi connectivity index (χ0n) is 11.7. The Morgan fingerprint density at radius 2 is 2.05 bits per heavy atom. The molecule has 4 N–H and O–H groups in total. The van der Waals surface area contributed by atoms with E-state index in [1.165, 1.54) is 19.1 Å². The number of Topliss-reactive ketones (excluding diaryl/α,β-unsaturated/α-hetero) is 1. The monoisotopic (exact) mass is 344 g/mol. The molecular formula is C12H13ClN4O4S.